The Morgan fingerprint density at radius 3 is 1.77 bits per heavy atom. The van der Waals surface area contributed by atoms with Crippen LogP contribution in [0.3, 0.4) is 0 Å². The molecule has 9 heteroatoms. The average Bonchev–Trinajstić information content (AvgIpc) is 2.78. The molecule has 178 valence electrons. The van der Waals surface area contributed by atoms with Gasteiger partial charge < -0.3 is 29.0 Å². The molecule has 31 heavy (non-hydrogen) atoms. The Labute approximate surface area is 185 Å². The van der Waals surface area contributed by atoms with Gasteiger partial charge in [0.05, 0.1) is 18.6 Å². The molecular weight excluding hydrogens is 406 g/mol. The zero-order chi connectivity index (χ0) is 23.5. The lowest BCUT2D eigenvalue weighted by Crippen LogP contribution is -2.45. The molecule has 0 rings (SSSR count). The van der Waals surface area contributed by atoms with Crippen molar-refractivity contribution in [2.45, 2.75) is 46.1 Å². The molecule has 0 radical (unpaired) electrons. The number of hydrogen-bond acceptors (Lipinski definition) is 8. The summed E-state index contributed by atoms with van der Waals surface area (Å²) in [5, 5.41) is 2.66. The molecule has 0 fully saturated rings. The van der Waals surface area contributed by atoms with E-state index < -0.39 is 29.6 Å². The maximum atomic E-state index is 12.4. The van der Waals surface area contributed by atoms with Crippen molar-refractivity contribution in [2.75, 3.05) is 46.2 Å². The van der Waals surface area contributed by atoms with Gasteiger partial charge in [-0.3, -0.25) is 0 Å². The van der Waals surface area contributed by atoms with Gasteiger partial charge in [-0.15, -0.1) is 0 Å². The molecule has 1 amide bonds. The third-order valence-corrected chi connectivity index (χ3v) is 4.31. The zero-order valence-corrected chi connectivity index (χ0v) is 19.0. The van der Waals surface area contributed by atoms with Gasteiger partial charge in [0, 0.05) is 31.9 Å². The van der Waals surface area contributed by atoms with Crippen LogP contribution in [0.5, 0.6) is 0 Å². The van der Waals surface area contributed by atoms with Crippen LogP contribution in [0.15, 0.2) is 25.3 Å². The summed E-state index contributed by atoms with van der Waals surface area (Å²) >= 11 is 0. The summed E-state index contributed by atoms with van der Waals surface area (Å²) in [7, 11) is 0. The molecule has 0 saturated heterocycles. The van der Waals surface area contributed by atoms with Crippen molar-refractivity contribution < 1.29 is 38.1 Å². The van der Waals surface area contributed by atoms with Crippen molar-refractivity contribution in [3.8, 4) is 0 Å². The van der Waals surface area contributed by atoms with Gasteiger partial charge in [0.15, 0.2) is 6.10 Å². The summed E-state index contributed by atoms with van der Waals surface area (Å²) in [6.45, 7) is 13.9. The molecule has 0 aromatic rings. The topological polar surface area (TPSA) is 109 Å². The van der Waals surface area contributed by atoms with E-state index in [0.717, 1.165) is 25.0 Å². The van der Waals surface area contributed by atoms with Crippen LogP contribution in [0.25, 0.3) is 0 Å². The van der Waals surface area contributed by atoms with Crippen LogP contribution in [-0.2, 0) is 33.3 Å². The number of nitrogens with one attached hydrogen (secondary N) is 1. The molecule has 0 heterocycles. The van der Waals surface area contributed by atoms with Crippen LogP contribution in [0.1, 0.15) is 40.0 Å². The minimum Gasteiger partial charge on any atom is -0.462 e. The summed E-state index contributed by atoms with van der Waals surface area (Å²) < 4.78 is 26.7. The average molecular weight is 444 g/mol. The van der Waals surface area contributed by atoms with Gasteiger partial charge in [0.1, 0.15) is 13.2 Å². The molecule has 0 atom stereocenters. The van der Waals surface area contributed by atoms with E-state index in [2.05, 4.69) is 18.5 Å². The monoisotopic (exact) mass is 443 g/mol. The summed E-state index contributed by atoms with van der Waals surface area (Å²) in [5.74, 6) is -1.23. The maximum absolute atomic E-state index is 12.4. The Bertz CT molecular complexity index is 530. The van der Waals surface area contributed by atoms with E-state index in [1.54, 1.807) is 0 Å². The van der Waals surface area contributed by atoms with Crippen molar-refractivity contribution in [2.24, 2.45) is 5.41 Å². The van der Waals surface area contributed by atoms with Crippen LogP contribution in [-0.4, -0.2) is 70.3 Å². The summed E-state index contributed by atoms with van der Waals surface area (Å²) in [4.78, 5) is 35.4. The summed E-state index contributed by atoms with van der Waals surface area (Å²) in [5.41, 5.74) is -0.844. The van der Waals surface area contributed by atoms with E-state index in [9.17, 15) is 14.4 Å². The van der Waals surface area contributed by atoms with Crippen molar-refractivity contribution in [1.29, 1.82) is 0 Å². The zero-order valence-electron chi connectivity index (χ0n) is 19.0. The van der Waals surface area contributed by atoms with Crippen LogP contribution in [0.2, 0.25) is 0 Å². The molecule has 0 unspecified atom stereocenters. The molecule has 0 saturated carbocycles. The Morgan fingerprint density at radius 1 is 0.903 bits per heavy atom. The standard InChI is InChI=1S/C22H37NO8/c1-6-11-27-13-18(14-28-12-7-2)31-21(26)23-15-22(10-5,16-29-19(24)8-3)17-30-20(25)9-4/h8-9,18H,3-4,6-7,10-17H2,1-2,5H3,(H,23,26). The van der Waals surface area contributed by atoms with Crippen LogP contribution >= 0.6 is 0 Å². The van der Waals surface area contributed by atoms with Crippen molar-refractivity contribution in [1.82, 2.24) is 5.32 Å². The van der Waals surface area contributed by atoms with Crippen molar-refractivity contribution >= 4 is 18.0 Å². The Morgan fingerprint density at radius 2 is 1.39 bits per heavy atom. The lowest BCUT2D eigenvalue weighted by Gasteiger charge is -2.31. The number of rotatable bonds is 18. The second-order valence-corrected chi connectivity index (χ2v) is 7.01. The lowest BCUT2D eigenvalue weighted by molar-refractivity contribution is -0.148. The molecule has 9 nitrogen and oxygen atoms in total. The first-order valence-electron chi connectivity index (χ1n) is 10.5. The molecule has 0 aliphatic carbocycles. The molecular formula is C22H37NO8. The third-order valence-electron chi connectivity index (χ3n) is 4.31. The van der Waals surface area contributed by atoms with E-state index in [1.807, 2.05) is 20.8 Å². The smallest absolute Gasteiger partial charge is 0.407 e. The number of esters is 2. The Balaban J connectivity index is 4.98. The fraction of sp³-hybridized carbons (Fsp3) is 0.682. The Hall–Kier alpha value is -2.39. The predicted octanol–water partition coefficient (Wildman–Crippen LogP) is 2.79. The van der Waals surface area contributed by atoms with E-state index in [-0.39, 0.29) is 33.0 Å². The number of ether oxygens (including phenoxy) is 5. The van der Waals surface area contributed by atoms with Gasteiger partial charge in [-0.1, -0.05) is 33.9 Å². The van der Waals surface area contributed by atoms with Gasteiger partial charge in [-0.2, -0.15) is 0 Å². The first-order valence-corrected chi connectivity index (χ1v) is 10.5. The van der Waals surface area contributed by atoms with Gasteiger partial charge >= 0.3 is 18.0 Å². The van der Waals surface area contributed by atoms with Crippen LogP contribution in [0, 0.1) is 5.41 Å². The minimum atomic E-state index is -0.844. The predicted molar refractivity (Wildman–Crippen MR) is 116 cm³/mol. The SMILES string of the molecule is C=CC(=O)OCC(CC)(CNC(=O)OC(COCCC)COCCC)COC(=O)C=C. The maximum Gasteiger partial charge on any atom is 0.407 e. The van der Waals surface area contributed by atoms with Crippen molar-refractivity contribution in [3.05, 3.63) is 25.3 Å². The van der Waals surface area contributed by atoms with E-state index >= 15 is 0 Å². The number of carbonyl (C=O) groups is 3. The number of hydrogen-bond donors (Lipinski definition) is 1. The minimum absolute atomic E-state index is 0.0511. The number of amides is 1. The summed E-state index contributed by atoms with van der Waals surface area (Å²) in [6, 6.07) is 0. The number of alkyl carbamates (subject to hydrolysis) is 1. The fourth-order valence-corrected chi connectivity index (χ4v) is 2.33. The van der Waals surface area contributed by atoms with E-state index in [4.69, 9.17) is 23.7 Å². The van der Waals surface area contributed by atoms with Gasteiger partial charge in [-0.25, -0.2) is 14.4 Å². The summed E-state index contributed by atoms with van der Waals surface area (Å²) in [6.07, 6.45) is 2.98. The highest BCUT2D eigenvalue weighted by atomic mass is 16.6. The normalized spacial score (nSPS) is 11.0. The first-order chi connectivity index (χ1) is 14.9. The second kappa shape index (κ2) is 17.3. The fourth-order valence-electron chi connectivity index (χ4n) is 2.33. The van der Waals surface area contributed by atoms with E-state index in [0.29, 0.717) is 19.6 Å². The molecule has 0 aliphatic heterocycles. The van der Waals surface area contributed by atoms with E-state index in [1.165, 1.54) is 0 Å². The molecule has 0 aromatic carbocycles. The van der Waals surface area contributed by atoms with Crippen molar-refractivity contribution in [3.63, 3.8) is 0 Å². The van der Waals surface area contributed by atoms with Gasteiger partial charge in [0.2, 0.25) is 0 Å². The lowest BCUT2D eigenvalue weighted by atomic mass is 9.87. The highest BCUT2D eigenvalue weighted by molar-refractivity contribution is 5.81. The molecule has 0 bridgehead atoms. The quantitative estimate of drug-likeness (QED) is 0.149. The first kappa shape index (κ1) is 28.6. The molecule has 1 N–H and O–H groups in total. The van der Waals surface area contributed by atoms with Gasteiger partial charge in [-0.05, 0) is 19.3 Å². The highest BCUT2D eigenvalue weighted by Gasteiger charge is 2.33. The Kier molecular flexibility index (Phi) is 16.0. The molecule has 0 aliphatic rings. The van der Waals surface area contributed by atoms with Crippen LogP contribution < -0.4 is 5.32 Å². The van der Waals surface area contributed by atoms with Crippen LogP contribution in [0.4, 0.5) is 4.79 Å². The molecule has 0 spiro atoms. The largest absolute Gasteiger partial charge is 0.462 e. The highest BCUT2D eigenvalue weighted by Crippen LogP contribution is 2.23. The second-order valence-electron chi connectivity index (χ2n) is 7.01. The number of carbonyl (C=O) groups excluding carboxylic acids is 3. The van der Waals surface area contributed by atoms with Gasteiger partial charge in [0.25, 0.3) is 0 Å². The molecule has 0 aromatic heterocycles. The third kappa shape index (κ3) is 13.5.